The van der Waals surface area contributed by atoms with Crippen LogP contribution in [0.25, 0.3) is 0 Å². The Morgan fingerprint density at radius 1 is 0.762 bits per heavy atom. The molecule has 0 fully saturated rings. The van der Waals surface area contributed by atoms with Gasteiger partial charge >= 0.3 is 0 Å². The van der Waals surface area contributed by atoms with Crippen LogP contribution in [0.3, 0.4) is 0 Å². The third kappa shape index (κ3) is 12.8. The molecular formula is C16H30N2SSi2. The van der Waals surface area contributed by atoms with Gasteiger partial charge in [0.2, 0.25) is 0 Å². The van der Waals surface area contributed by atoms with Gasteiger partial charge in [0.05, 0.1) is 0 Å². The molecule has 0 aromatic rings. The van der Waals surface area contributed by atoms with Gasteiger partial charge in [0.1, 0.15) is 0 Å². The smallest absolute Gasteiger partial charge is 0.241 e. The zero-order chi connectivity index (χ0) is 16.2. The highest BCUT2D eigenvalue weighted by molar-refractivity contribution is 7.60. The molecule has 0 aliphatic heterocycles. The van der Waals surface area contributed by atoms with Gasteiger partial charge in [0.15, 0.2) is 0 Å². The summed E-state index contributed by atoms with van der Waals surface area (Å²) in [5.74, 6) is 6.54. The van der Waals surface area contributed by atoms with E-state index >= 15 is 0 Å². The van der Waals surface area contributed by atoms with Crippen LogP contribution in [0.15, 0.2) is 8.06 Å². The van der Waals surface area contributed by atoms with E-state index in [9.17, 15) is 0 Å². The van der Waals surface area contributed by atoms with E-state index in [4.69, 9.17) is 0 Å². The molecule has 0 heterocycles. The van der Waals surface area contributed by atoms with Crippen molar-refractivity contribution in [2.75, 3.05) is 0 Å². The van der Waals surface area contributed by atoms with Crippen molar-refractivity contribution in [1.29, 1.82) is 0 Å². The van der Waals surface area contributed by atoms with Gasteiger partial charge in [-0.15, -0.1) is 22.9 Å². The number of unbranched alkanes of at least 4 members (excludes halogenated alkanes) is 4. The second kappa shape index (κ2) is 11.0. The minimum Gasteiger partial charge on any atom is -0.241 e. The predicted octanol–water partition coefficient (Wildman–Crippen LogP) is 5.31. The quantitative estimate of drug-likeness (QED) is 0.356. The molecule has 0 aliphatic carbocycles. The Labute approximate surface area is 137 Å². The molecule has 0 spiro atoms. The molecule has 0 aliphatic rings. The Balaban J connectivity index is 4.65. The fourth-order valence-electron chi connectivity index (χ4n) is 1.36. The first kappa shape index (κ1) is 20.4. The van der Waals surface area contributed by atoms with E-state index in [0.29, 0.717) is 0 Å². The molecule has 0 N–H and O–H groups in total. The standard InChI is InChI=1S/C16H30N2SSi2/c1-7-9-11-13-15-20(3,4)17-19-18-21(5,6)16-14-12-10-8-2/h7-12H2,1-6H3. The SMILES string of the molecule is CCCCC#C[Si](C)(C)N=S=N[Si](C)(C)C#CCCCC. The molecule has 0 aromatic heterocycles. The Bertz CT molecular complexity index is 442. The van der Waals surface area contributed by atoms with Gasteiger partial charge in [-0.05, 0) is 39.0 Å². The maximum atomic E-state index is 4.67. The summed E-state index contributed by atoms with van der Waals surface area (Å²) in [6.45, 7) is 13.1. The lowest BCUT2D eigenvalue weighted by Crippen LogP contribution is -2.21. The lowest BCUT2D eigenvalue weighted by Gasteiger charge is -2.06. The van der Waals surface area contributed by atoms with E-state index in [1.54, 1.807) is 0 Å². The molecule has 2 nitrogen and oxygen atoms in total. The maximum absolute atomic E-state index is 4.67. The Morgan fingerprint density at radius 2 is 1.14 bits per heavy atom. The minimum absolute atomic E-state index is 0.993. The van der Waals surface area contributed by atoms with Crippen molar-refractivity contribution in [3.63, 3.8) is 0 Å². The molecule has 0 unspecified atom stereocenters. The van der Waals surface area contributed by atoms with Crippen molar-refractivity contribution < 1.29 is 0 Å². The molecule has 0 bridgehead atoms. The second-order valence-electron chi connectivity index (χ2n) is 6.19. The van der Waals surface area contributed by atoms with Crippen molar-refractivity contribution >= 4 is 27.8 Å². The first-order valence-corrected chi connectivity index (χ1v) is 14.6. The van der Waals surface area contributed by atoms with Crippen LogP contribution in [-0.4, -0.2) is 16.5 Å². The van der Waals surface area contributed by atoms with Gasteiger partial charge in [-0.2, -0.15) is 0 Å². The van der Waals surface area contributed by atoms with E-state index in [1.807, 2.05) is 0 Å². The summed E-state index contributed by atoms with van der Waals surface area (Å²) in [5, 5.41) is 0. The first-order chi connectivity index (χ1) is 9.83. The lowest BCUT2D eigenvalue weighted by molar-refractivity contribution is 0.828. The van der Waals surface area contributed by atoms with Crippen LogP contribution in [0.4, 0.5) is 0 Å². The van der Waals surface area contributed by atoms with Crippen LogP contribution >= 0.6 is 0 Å². The normalized spacial score (nSPS) is 10.8. The van der Waals surface area contributed by atoms with Gasteiger partial charge in [0.25, 0.3) is 16.5 Å². The van der Waals surface area contributed by atoms with Crippen LogP contribution in [0, 0.1) is 22.9 Å². The van der Waals surface area contributed by atoms with Crippen molar-refractivity contribution in [1.82, 2.24) is 0 Å². The third-order valence-electron chi connectivity index (χ3n) is 2.64. The van der Waals surface area contributed by atoms with E-state index < -0.39 is 16.5 Å². The van der Waals surface area contributed by atoms with Crippen molar-refractivity contribution in [2.24, 2.45) is 8.06 Å². The van der Waals surface area contributed by atoms with Crippen LogP contribution in [-0.2, 0) is 11.4 Å². The molecule has 5 heteroatoms. The largest absolute Gasteiger partial charge is 0.269 e. The zero-order valence-electron chi connectivity index (χ0n) is 14.5. The Morgan fingerprint density at radius 3 is 1.48 bits per heavy atom. The summed E-state index contributed by atoms with van der Waals surface area (Å²) in [6, 6.07) is 0. The number of hydrogen-bond donors (Lipinski definition) is 0. The summed E-state index contributed by atoms with van der Waals surface area (Å²) in [4.78, 5) is 0. The fraction of sp³-hybridized carbons (Fsp3) is 0.750. The molecular weight excluding hydrogens is 308 g/mol. The van der Waals surface area contributed by atoms with Gasteiger partial charge in [-0.1, -0.05) is 26.7 Å². The van der Waals surface area contributed by atoms with Crippen molar-refractivity contribution in [2.45, 2.75) is 78.6 Å². The summed E-state index contributed by atoms with van der Waals surface area (Å²) in [7, 11) is -3.58. The van der Waals surface area contributed by atoms with Crippen LogP contribution in [0.2, 0.25) is 26.2 Å². The van der Waals surface area contributed by atoms with Gasteiger partial charge in [-0.3, -0.25) is 0 Å². The van der Waals surface area contributed by atoms with Crippen LogP contribution in [0.1, 0.15) is 52.4 Å². The van der Waals surface area contributed by atoms with Crippen molar-refractivity contribution in [3.8, 4) is 22.9 Å². The molecule has 0 atom stereocenters. The highest BCUT2D eigenvalue weighted by atomic mass is 32.1. The molecule has 0 aromatic carbocycles. The zero-order valence-corrected chi connectivity index (χ0v) is 17.4. The molecule has 0 amide bonds. The number of hydrogen-bond acceptors (Lipinski definition) is 2. The Hall–Kier alpha value is -0.626. The van der Waals surface area contributed by atoms with E-state index in [0.717, 1.165) is 12.8 Å². The molecule has 118 valence electrons. The highest BCUT2D eigenvalue weighted by Gasteiger charge is 2.18. The van der Waals surface area contributed by atoms with E-state index in [2.05, 4.69) is 71.0 Å². The number of rotatable bonds is 6. The molecule has 0 rings (SSSR count). The molecule has 0 saturated carbocycles. The molecule has 0 radical (unpaired) electrons. The summed E-state index contributed by atoms with van der Waals surface area (Å²) in [5.41, 5.74) is 6.72. The third-order valence-corrected chi connectivity index (χ3v) is 8.52. The van der Waals surface area contributed by atoms with Gasteiger partial charge in [0, 0.05) is 24.2 Å². The van der Waals surface area contributed by atoms with Crippen LogP contribution < -0.4 is 0 Å². The fourth-order valence-corrected chi connectivity index (χ4v) is 5.00. The predicted molar refractivity (Wildman–Crippen MR) is 102 cm³/mol. The topological polar surface area (TPSA) is 24.7 Å². The lowest BCUT2D eigenvalue weighted by atomic mass is 10.3. The second-order valence-corrected chi connectivity index (χ2v) is 14.6. The van der Waals surface area contributed by atoms with E-state index in [1.165, 1.54) is 37.0 Å². The van der Waals surface area contributed by atoms with Gasteiger partial charge in [-0.25, -0.2) is 8.06 Å². The number of nitrogens with zero attached hydrogens (tertiary/aromatic N) is 2. The first-order valence-electron chi connectivity index (χ1n) is 7.93. The van der Waals surface area contributed by atoms with Crippen LogP contribution in [0.5, 0.6) is 0 Å². The van der Waals surface area contributed by atoms with E-state index in [-0.39, 0.29) is 0 Å². The average Bonchev–Trinajstić information content (AvgIpc) is 2.39. The summed E-state index contributed by atoms with van der Waals surface area (Å²) >= 11 is 1.36. The van der Waals surface area contributed by atoms with Gasteiger partial charge < -0.3 is 0 Å². The Kier molecular flexibility index (Phi) is 10.7. The molecule has 0 saturated heterocycles. The highest BCUT2D eigenvalue weighted by Crippen LogP contribution is 2.05. The summed E-state index contributed by atoms with van der Waals surface area (Å²) in [6.07, 6.45) is 6.76. The monoisotopic (exact) mass is 338 g/mol. The minimum atomic E-state index is -1.79. The summed E-state index contributed by atoms with van der Waals surface area (Å²) < 4.78 is 9.33. The maximum Gasteiger partial charge on any atom is 0.269 e. The molecule has 21 heavy (non-hydrogen) atoms. The average molecular weight is 339 g/mol. The van der Waals surface area contributed by atoms with Crippen molar-refractivity contribution in [3.05, 3.63) is 0 Å².